The fourth-order valence-electron chi connectivity index (χ4n) is 2.88. The van der Waals surface area contributed by atoms with Crippen molar-refractivity contribution in [3.05, 3.63) is 52.4 Å². The van der Waals surface area contributed by atoms with Crippen molar-refractivity contribution in [2.75, 3.05) is 0 Å². The van der Waals surface area contributed by atoms with E-state index in [1.54, 1.807) is 12.1 Å². The van der Waals surface area contributed by atoms with Crippen LogP contribution in [0.3, 0.4) is 0 Å². The van der Waals surface area contributed by atoms with Gasteiger partial charge in [-0.25, -0.2) is 9.37 Å². The van der Waals surface area contributed by atoms with E-state index < -0.39 is 5.82 Å². The number of fused-ring (bicyclic) bond motifs is 1. The fourth-order valence-corrected chi connectivity index (χ4v) is 2.88. The molecule has 0 saturated carbocycles. The summed E-state index contributed by atoms with van der Waals surface area (Å²) in [7, 11) is 0. The third-order valence-corrected chi connectivity index (χ3v) is 3.92. The smallest absolute Gasteiger partial charge is 0.140 e. The molecule has 1 heterocycles. The van der Waals surface area contributed by atoms with Crippen molar-refractivity contribution in [2.24, 2.45) is 0 Å². The molecule has 1 aromatic carbocycles. The van der Waals surface area contributed by atoms with E-state index in [0.717, 1.165) is 24.2 Å². The summed E-state index contributed by atoms with van der Waals surface area (Å²) in [5.41, 5.74) is 3.55. The van der Waals surface area contributed by atoms with Gasteiger partial charge in [-0.15, -0.1) is 0 Å². The molecule has 0 bridgehead atoms. The molecule has 0 unspecified atom stereocenters. The highest BCUT2D eigenvalue weighted by Gasteiger charge is 2.18. The first kappa shape index (κ1) is 12.9. The summed E-state index contributed by atoms with van der Waals surface area (Å²) in [5, 5.41) is 8.91. The van der Waals surface area contributed by atoms with Crippen molar-refractivity contribution < 1.29 is 4.39 Å². The molecule has 0 atom stereocenters. The zero-order valence-corrected chi connectivity index (χ0v) is 11.5. The zero-order chi connectivity index (χ0) is 14.1. The van der Waals surface area contributed by atoms with E-state index in [0.29, 0.717) is 6.54 Å². The van der Waals surface area contributed by atoms with Gasteiger partial charge in [0.05, 0.1) is 11.3 Å². The SMILES string of the molecule is Cc1nc2c(n1Cc1ccc(F)c(C#N)c1)CCCC2. The van der Waals surface area contributed by atoms with E-state index in [4.69, 9.17) is 5.26 Å². The van der Waals surface area contributed by atoms with Gasteiger partial charge < -0.3 is 4.57 Å². The van der Waals surface area contributed by atoms with Crippen molar-refractivity contribution in [1.29, 1.82) is 5.26 Å². The lowest BCUT2D eigenvalue weighted by molar-refractivity contribution is 0.615. The summed E-state index contributed by atoms with van der Waals surface area (Å²) >= 11 is 0. The van der Waals surface area contributed by atoms with Crippen LogP contribution in [0.2, 0.25) is 0 Å². The molecule has 3 nitrogen and oxygen atoms in total. The number of rotatable bonds is 2. The molecule has 0 N–H and O–H groups in total. The highest BCUT2D eigenvalue weighted by Crippen LogP contribution is 2.23. The van der Waals surface area contributed by atoms with Crippen molar-refractivity contribution in [3.63, 3.8) is 0 Å². The van der Waals surface area contributed by atoms with Crippen LogP contribution >= 0.6 is 0 Å². The molecule has 102 valence electrons. The number of aryl methyl sites for hydroxylation is 2. The monoisotopic (exact) mass is 269 g/mol. The minimum absolute atomic E-state index is 0.106. The van der Waals surface area contributed by atoms with E-state index in [1.165, 1.54) is 30.3 Å². The predicted octanol–water partition coefficient (Wildman–Crippen LogP) is 3.13. The number of halogens is 1. The number of nitrogens with zero attached hydrogens (tertiary/aromatic N) is 3. The molecule has 0 aliphatic heterocycles. The van der Waals surface area contributed by atoms with Crippen LogP contribution < -0.4 is 0 Å². The van der Waals surface area contributed by atoms with Gasteiger partial charge in [-0.05, 0) is 50.3 Å². The van der Waals surface area contributed by atoms with Gasteiger partial charge >= 0.3 is 0 Å². The lowest BCUT2D eigenvalue weighted by Crippen LogP contribution is -2.10. The topological polar surface area (TPSA) is 41.6 Å². The number of aromatic nitrogens is 2. The predicted molar refractivity (Wildman–Crippen MR) is 73.8 cm³/mol. The van der Waals surface area contributed by atoms with Crippen LogP contribution in [0.5, 0.6) is 0 Å². The Bertz CT molecular complexity index is 694. The van der Waals surface area contributed by atoms with Crippen molar-refractivity contribution >= 4 is 0 Å². The Hall–Kier alpha value is -2.15. The van der Waals surface area contributed by atoms with Crippen LogP contribution in [0.1, 0.15) is 41.2 Å². The van der Waals surface area contributed by atoms with Crippen molar-refractivity contribution in [1.82, 2.24) is 9.55 Å². The van der Waals surface area contributed by atoms with E-state index in [-0.39, 0.29) is 5.56 Å². The van der Waals surface area contributed by atoms with Crippen LogP contribution in [0.4, 0.5) is 4.39 Å². The Labute approximate surface area is 117 Å². The highest BCUT2D eigenvalue weighted by molar-refractivity contribution is 5.35. The third-order valence-electron chi connectivity index (χ3n) is 3.92. The lowest BCUT2D eigenvalue weighted by Gasteiger charge is -2.15. The van der Waals surface area contributed by atoms with Gasteiger partial charge in [0, 0.05) is 12.2 Å². The van der Waals surface area contributed by atoms with Crippen LogP contribution in [0, 0.1) is 24.1 Å². The maximum Gasteiger partial charge on any atom is 0.140 e. The molecule has 0 amide bonds. The molecule has 0 spiro atoms. The summed E-state index contributed by atoms with van der Waals surface area (Å²) in [6.07, 6.45) is 4.52. The van der Waals surface area contributed by atoms with E-state index in [2.05, 4.69) is 9.55 Å². The Morgan fingerprint density at radius 3 is 2.95 bits per heavy atom. The maximum absolute atomic E-state index is 13.4. The van der Waals surface area contributed by atoms with Crippen LogP contribution in [-0.2, 0) is 19.4 Å². The molecule has 3 rings (SSSR count). The van der Waals surface area contributed by atoms with Crippen LogP contribution in [0.15, 0.2) is 18.2 Å². The molecule has 4 heteroatoms. The average molecular weight is 269 g/mol. The number of hydrogen-bond donors (Lipinski definition) is 0. The summed E-state index contributed by atoms with van der Waals surface area (Å²) in [6, 6.07) is 6.63. The lowest BCUT2D eigenvalue weighted by atomic mass is 10.0. The van der Waals surface area contributed by atoms with Gasteiger partial charge in [-0.1, -0.05) is 6.07 Å². The summed E-state index contributed by atoms with van der Waals surface area (Å²) in [6.45, 7) is 2.66. The largest absolute Gasteiger partial charge is 0.328 e. The molecule has 1 aromatic heterocycles. The van der Waals surface area contributed by atoms with E-state index in [9.17, 15) is 4.39 Å². The zero-order valence-electron chi connectivity index (χ0n) is 11.5. The Morgan fingerprint density at radius 2 is 2.15 bits per heavy atom. The fraction of sp³-hybridized carbons (Fsp3) is 0.375. The first-order chi connectivity index (χ1) is 9.69. The van der Waals surface area contributed by atoms with Gasteiger partial charge in [0.1, 0.15) is 17.7 Å². The Balaban J connectivity index is 1.96. The minimum Gasteiger partial charge on any atom is -0.328 e. The number of benzene rings is 1. The second kappa shape index (κ2) is 5.09. The molecule has 0 radical (unpaired) electrons. The van der Waals surface area contributed by atoms with Crippen molar-refractivity contribution in [3.8, 4) is 6.07 Å². The molecule has 0 fully saturated rings. The maximum atomic E-state index is 13.4. The van der Waals surface area contributed by atoms with Gasteiger partial charge in [-0.2, -0.15) is 5.26 Å². The van der Waals surface area contributed by atoms with Gasteiger partial charge in [0.2, 0.25) is 0 Å². The van der Waals surface area contributed by atoms with Crippen LogP contribution in [0.25, 0.3) is 0 Å². The number of hydrogen-bond acceptors (Lipinski definition) is 2. The normalized spacial score (nSPS) is 13.8. The molecule has 1 aliphatic carbocycles. The molecular weight excluding hydrogens is 253 g/mol. The minimum atomic E-state index is -0.458. The summed E-state index contributed by atoms with van der Waals surface area (Å²) in [4.78, 5) is 4.63. The van der Waals surface area contributed by atoms with E-state index >= 15 is 0 Å². The molecule has 1 aliphatic rings. The molecule has 2 aromatic rings. The molecular formula is C16H16FN3. The molecule has 0 saturated heterocycles. The Morgan fingerprint density at radius 1 is 1.35 bits per heavy atom. The molecule has 20 heavy (non-hydrogen) atoms. The summed E-state index contributed by atoms with van der Waals surface area (Å²) < 4.78 is 15.6. The summed E-state index contributed by atoms with van der Waals surface area (Å²) in [5.74, 6) is 0.542. The quantitative estimate of drug-likeness (QED) is 0.840. The number of imidazole rings is 1. The standard InChI is InChI=1S/C16H16FN3/c1-11-19-15-4-2-3-5-16(15)20(11)10-12-6-7-14(17)13(8-12)9-18/h6-8H,2-5,10H2,1H3. The van der Waals surface area contributed by atoms with Crippen molar-refractivity contribution in [2.45, 2.75) is 39.2 Å². The number of nitriles is 1. The first-order valence-electron chi connectivity index (χ1n) is 6.92. The highest BCUT2D eigenvalue weighted by atomic mass is 19.1. The Kier molecular flexibility index (Phi) is 3.27. The second-order valence-electron chi connectivity index (χ2n) is 5.27. The average Bonchev–Trinajstić information content (AvgIpc) is 2.77. The van der Waals surface area contributed by atoms with Gasteiger partial charge in [0.15, 0.2) is 0 Å². The van der Waals surface area contributed by atoms with Gasteiger partial charge in [-0.3, -0.25) is 0 Å². The van der Waals surface area contributed by atoms with Crippen LogP contribution in [-0.4, -0.2) is 9.55 Å². The van der Waals surface area contributed by atoms with E-state index in [1.807, 2.05) is 13.0 Å². The third kappa shape index (κ3) is 2.20. The first-order valence-corrected chi connectivity index (χ1v) is 6.92. The van der Waals surface area contributed by atoms with Gasteiger partial charge in [0.25, 0.3) is 0 Å². The second-order valence-corrected chi connectivity index (χ2v) is 5.27.